The van der Waals surface area contributed by atoms with Crippen LogP contribution < -0.4 is 0 Å². The molecule has 0 heterocycles. The zero-order chi connectivity index (χ0) is 14.2. The molecular weight excluding hydrogens is 236 g/mol. The topological polar surface area (TPSA) is 37.3 Å². The van der Waals surface area contributed by atoms with E-state index in [1.54, 1.807) is 5.57 Å². The fourth-order valence-corrected chi connectivity index (χ4v) is 3.56. The van der Waals surface area contributed by atoms with Crippen molar-refractivity contribution in [3.05, 3.63) is 22.8 Å². The molecule has 2 rings (SSSR count). The first-order valence-corrected chi connectivity index (χ1v) is 7.51. The van der Waals surface area contributed by atoms with Gasteiger partial charge in [0.25, 0.3) is 0 Å². The molecule has 19 heavy (non-hydrogen) atoms. The minimum absolute atomic E-state index is 0.258. The normalized spacial score (nSPS) is 28.5. The molecular formula is C17H26O2. The smallest absolute Gasteiger partial charge is 0.332 e. The van der Waals surface area contributed by atoms with E-state index in [2.05, 4.69) is 13.0 Å². The number of rotatable bonds is 4. The van der Waals surface area contributed by atoms with Gasteiger partial charge in [0.05, 0.1) is 0 Å². The molecule has 2 aliphatic rings. The van der Waals surface area contributed by atoms with Gasteiger partial charge in [-0.2, -0.15) is 0 Å². The maximum absolute atomic E-state index is 11.5. The lowest BCUT2D eigenvalue weighted by molar-refractivity contribution is -0.133. The third kappa shape index (κ3) is 2.77. The van der Waals surface area contributed by atoms with Crippen LogP contribution in [0.25, 0.3) is 0 Å². The van der Waals surface area contributed by atoms with E-state index in [0.29, 0.717) is 17.4 Å². The van der Waals surface area contributed by atoms with Crippen molar-refractivity contribution < 1.29 is 9.90 Å². The van der Waals surface area contributed by atoms with Crippen molar-refractivity contribution in [3.8, 4) is 0 Å². The standard InChI is InChI=1S/C17H26O2/c1-5-6-7-11-8-12-10-14(13(12)9-11)15(16(18)19)17(2,3)4/h9,12-13H,5-8,10H2,1-4H3,(H,18,19)/t12-,13+/m1/s1. The molecule has 0 radical (unpaired) electrons. The average Bonchev–Trinajstić information content (AvgIpc) is 2.58. The lowest BCUT2D eigenvalue weighted by Crippen LogP contribution is -2.31. The number of fused-ring (bicyclic) bond motifs is 1. The van der Waals surface area contributed by atoms with Gasteiger partial charge in [-0.3, -0.25) is 0 Å². The Morgan fingerprint density at radius 3 is 2.58 bits per heavy atom. The van der Waals surface area contributed by atoms with Crippen molar-refractivity contribution in [2.75, 3.05) is 0 Å². The highest BCUT2D eigenvalue weighted by Crippen LogP contribution is 2.53. The zero-order valence-corrected chi connectivity index (χ0v) is 12.6. The molecule has 0 saturated heterocycles. The molecule has 1 saturated carbocycles. The van der Waals surface area contributed by atoms with E-state index >= 15 is 0 Å². The molecule has 1 fully saturated rings. The predicted molar refractivity (Wildman–Crippen MR) is 77.9 cm³/mol. The molecule has 2 aliphatic carbocycles. The number of carboxylic acid groups (broad SMARTS) is 1. The van der Waals surface area contributed by atoms with E-state index in [0.717, 1.165) is 6.42 Å². The predicted octanol–water partition coefficient (Wildman–Crippen LogP) is 4.57. The first kappa shape index (κ1) is 14.4. The van der Waals surface area contributed by atoms with Crippen molar-refractivity contribution >= 4 is 5.97 Å². The van der Waals surface area contributed by atoms with Gasteiger partial charge < -0.3 is 5.11 Å². The van der Waals surface area contributed by atoms with E-state index in [-0.39, 0.29) is 5.41 Å². The number of aliphatic carboxylic acids is 1. The van der Waals surface area contributed by atoms with Gasteiger partial charge in [0, 0.05) is 11.5 Å². The summed E-state index contributed by atoms with van der Waals surface area (Å²) < 4.78 is 0. The van der Waals surface area contributed by atoms with Gasteiger partial charge in [-0.05, 0) is 37.0 Å². The van der Waals surface area contributed by atoms with Crippen LogP contribution in [-0.2, 0) is 4.79 Å². The fourth-order valence-electron chi connectivity index (χ4n) is 3.56. The first-order chi connectivity index (χ1) is 8.84. The molecule has 0 aromatic heterocycles. The highest BCUT2D eigenvalue weighted by molar-refractivity contribution is 5.89. The van der Waals surface area contributed by atoms with Crippen LogP contribution in [0.2, 0.25) is 0 Å². The Labute approximate surface area is 116 Å². The maximum atomic E-state index is 11.5. The second kappa shape index (κ2) is 5.15. The Bertz CT molecular complexity index is 435. The van der Waals surface area contributed by atoms with Gasteiger partial charge in [0.2, 0.25) is 0 Å². The number of carboxylic acids is 1. The zero-order valence-electron chi connectivity index (χ0n) is 12.6. The Morgan fingerprint density at radius 2 is 2.05 bits per heavy atom. The minimum Gasteiger partial charge on any atom is -0.478 e. The van der Waals surface area contributed by atoms with Crippen molar-refractivity contribution in [3.63, 3.8) is 0 Å². The van der Waals surface area contributed by atoms with Crippen LogP contribution >= 0.6 is 0 Å². The molecule has 106 valence electrons. The number of hydrogen-bond donors (Lipinski definition) is 1. The van der Waals surface area contributed by atoms with Crippen LogP contribution in [0, 0.1) is 17.3 Å². The Hall–Kier alpha value is -1.05. The van der Waals surface area contributed by atoms with Crippen LogP contribution in [0.4, 0.5) is 0 Å². The third-order valence-electron chi connectivity index (χ3n) is 4.47. The van der Waals surface area contributed by atoms with E-state index in [1.165, 1.54) is 31.3 Å². The lowest BCUT2D eigenvalue weighted by atomic mass is 9.65. The van der Waals surface area contributed by atoms with E-state index in [1.807, 2.05) is 20.8 Å². The SMILES string of the molecule is CCCCC1=C[C@@H]2C(=C(C(=O)O)C(C)(C)C)C[C@H]2C1. The molecule has 2 atom stereocenters. The second-order valence-electron chi connectivity index (χ2n) is 7.08. The van der Waals surface area contributed by atoms with Gasteiger partial charge in [-0.15, -0.1) is 0 Å². The van der Waals surface area contributed by atoms with Crippen LogP contribution in [-0.4, -0.2) is 11.1 Å². The Balaban J connectivity index is 2.20. The first-order valence-electron chi connectivity index (χ1n) is 7.51. The number of hydrogen-bond acceptors (Lipinski definition) is 1. The van der Waals surface area contributed by atoms with Crippen LogP contribution in [0.15, 0.2) is 22.8 Å². The van der Waals surface area contributed by atoms with Crippen molar-refractivity contribution in [2.45, 2.75) is 59.8 Å². The molecule has 2 nitrogen and oxygen atoms in total. The van der Waals surface area contributed by atoms with Crippen molar-refractivity contribution in [2.24, 2.45) is 17.3 Å². The second-order valence-corrected chi connectivity index (χ2v) is 7.08. The summed E-state index contributed by atoms with van der Waals surface area (Å²) >= 11 is 0. The lowest BCUT2D eigenvalue weighted by Gasteiger charge is -2.38. The van der Waals surface area contributed by atoms with E-state index < -0.39 is 5.97 Å². The van der Waals surface area contributed by atoms with Gasteiger partial charge >= 0.3 is 5.97 Å². The maximum Gasteiger partial charge on any atom is 0.332 e. The van der Waals surface area contributed by atoms with Gasteiger partial charge in [0.15, 0.2) is 0 Å². The monoisotopic (exact) mass is 262 g/mol. The van der Waals surface area contributed by atoms with Gasteiger partial charge in [0.1, 0.15) is 0 Å². The van der Waals surface area contributed by atoms with Gasteiger partial charge in [-0.1, -0.05) is 51.3 Å². The molecule has 0 unspecified atom stereocenters. The molecule has 0 aliphatic heterocycles. The van der Waals surface area contributed by atoms with E-state index in [4.69, 9.17) is 0 Å². The summed E-state index contributed by atoms with van der Waals surface area (Å²) in [6.45, 7) is 8.24. The highest BCUT2D eigenvalue weighted by Gasteiger charge is 2.43. The highest BCUT2D eigenvalue weighted by atomic mass is 16.4. The molecule has 1 N–H and O–H groups in total. The largest absolute Gasteiger partial charge is 0.478 e. The summed E-state index contributed by atoms with van der Waals surface area (Å²) in [5.74, 6) is 0.395. The minimum atomic E-state index is -0.726. The molecule has 0 aromatic rings. The summed E-state index contributed by atoms with van der Waals surface area (Å²) in [6, 6.07) is 0. The van der Waals surface area contributed by atoms with Crippen LogP contribution in [0.3, 0.4) is 0 Å². The molecule has 2 heteroatoms. The number of carbonyl (C=O) groups is 1. The Morgan fingerprint density at radius 1 is 1.37 bits per heavy atom. The molecule has 0 bridgehead atoms. The summed E-state index contributed by atoms with van der Waals surface area (Å²) in [7, 11) is 0. The molecule has 0 aromatic carbocycles. The summed E-state index contributed by atoms with van der Waals surface area (Å²) in [4.78, 5) is 11.5. The van der Waals surface area contributed by atoms with E-state index in [9.17, 15) is 9.90 Å². The Kier molecular flexibility index (Phi) is 3.89. The average molecular weight is 262 g/mol. The fraction of sp³-hybridized carbons (Fsp3) is 0.706. The third-order valence-corrected chi connectivity index (χ3v) is 4.47. The number of unbranched alkanes of at least 4 members (excludes halogenated alkanes) is 1. The quantitative estimate of drug-likeness (QED) is 0.595. The number of allylic oxidation sites excluding steroid dienone is 3. The van der Waals surface area contributed by atoms with Crippen LogP contribution in [0.5, 0.6) is 0 Å². The summed E-state index contributed by atoms with van der Waals surface area (Å²) in [5, 5.41) is 9.49. The van der Waals surface area contributed by atoms with Crippen LogP contribution in [0.1, 0.15) is 59.8 Å². The molecule has 0 spiro atoms. The molecule has 0 amide bonds. The van der Waals surface area contributed by atoms with Crippen molar-refractivity contribution in [1.29, 1.82) is 0 Å². The van der Waals surface area contributed by atoms with Gasteiger partial charge in [-0.25, -0.2) is 4.79 Å². The summed E-state index contributed by atoms with van der Waals surface area (Å²) in [6.07, 6.45) is 8.26. The van der Waals surface area contributed by atoms with Crippen molar-refractivity contribution in [1.82, 2.24) is 0 Å². The summed E-state index contributed by atoms with van der Waals surface area (Å²) in [5.41, 5.74) is 3.15.